The molecule has 0 bridgehead atoms. The van der Waals surface area contributed by atoms with E-state index in [1.165, 1.54) is 11.7 Å². The van der Waals surface area contributed by atoms with Crippen molar-refractivity contribution in [1.29, 1.82) is 0 Å². The Labute approximate surface area is 211 Å². The molecule has 0 saturated carbocycles. The molecule has 0 saturated heterocycles. The Morgan fingerprint density at radius 1 is 0.973 bits per heavy atom. The quantitative estimate of drug-likeness (QED) is 0.305. The third-order valence-corrected chi connectivity index (χ3v) is 5.75. The number of esters is 1. The molecule has 2 aromatic heterocycles. The largest absolute Gasteiger partial charge is 0.497 e. The summed E-state index contributed by atoms with van der Waals surface area (Å²) in [5.74, 6) is 1.52. The van der Waals surface area contributed by atoms with Crippen LogP contribution < -0.4 is 15.0 Å². The SMILES string of the molecule is COc1ccc(-c2noc(COC(=O)c3ccc(-n4c(C)nc5ccccc5c4=O)cc3)n2)c(OC)c1. The average Bonchev–Trinajstić information content (AvgIpc) is 3.40. The predicted molar refractivity (Wildman–Crippen MR) is 134 cm³/mol. The van der Waals surface area contributed by atoms with Gasteiger partial charge in [-0.25, -0.2) is 9.78 Å². The first-order valence-electron chi connectivity index (χ1n) is 11.3. The van der Waals surface area contributed by atoms with Crippen LogP contribution in [0, 0.1) is 6.92 Å². The first-order valence-corrected chi connectivity index (χ1v) is 11.3. The van der Waals surface area contributed by atoms with E-state index in [4.69, 9.17) is 18.7 Å². The second-order valence-electron chi connectivity index (χ2n) is 8.02. The Balaban J connectivity index is 1.29. The van der Waals surface area contributed by atoms with Crippen LogP contribution in [0.15, 0.2) is 76.0 Å². The number of aromatic nitrogens is 4. The fraction of sp³-hybridized carbons (Fsp3) is 0.148. The molecule has 3 aromatic carbocycles. The van der Waals surface area contributed by atoms with E-state index in [-0.39, 0.29) is 18.1 Å². The number of fused-ring (bicyclic) bond motifs is 1. The molecule has 0 radical (unpaired) electrons. The maximum Gasteiger partial charge on any atom is 0.338 e. The normalized spacial score (nSPS) is 10.9. The van der Waals surface area contributed by atoms with Crippen molar-refractivity contribution >= 4 is 16.9 Å². The van der Waals surface area contributed by atoms with Crippen LogP contribution >= 0.6 is 0 Å². The van der Waals surface area contributed by atoms with Gasteiger partial charge in [-0.1, -0.05) is 17.3 Å². The number of nitrogens with zero attached hydrogens (tertiary/aromatic N) is 4. The van der Waals surface area contributed by atoms with Gasteiger partial charge < -0.3 is 18.7 Å². The van der Waals surface area contributed by atoms with Crippen molar-refractivity contribution in [3.8, 4) is 28.6 Å². The molecule has 0 N–H and O–H groups in total. The third kappa shape index (κ3) is 4.64. The summed E-state index contributed by atoms with van der Waals surface area (Å²) in [6, 6.07) is 18.9. The van der Waals surface area contributed by atoms with E-state index in [1.54, 1.807) is 74.7 Å². The lowest BCUT2D eigenvalue weighted by Crippen LogP contribution is -2.22. The lowest BCUT2D eigenvalue weighted by molar-refractivity contribution is 0.0430. The molecule has 10 nitrogen and oxygen atoms in total. The molecular formula is C27H22N4O6. The van der Waals surface area contributed by atoms with Crippen molar-refractivity contribution in [1.82, 2.24) is 19.7 Å². The number of methoxy groups -OCH3 is 2. The summed E-state index contributed by atoms with van der Waals surface area (Å²) in [5, 5.41) is 4.46. The maximum absolute atomic E-state index is 13.0. The van der Waals surface area contributed by atoms with E-state index < -0.39 is 5.97 Å². The summed E-state index contributed by atoms with van der Waals surface area (Å²) >= 11 is 0. The summed E-state index contributed by atoms with van der Waals surface area (Å²) in [6.45, 7) is 1.55. The number of hydrogen-bond donors (Lipinski definition) is 0. The van der Waals surface area contributed by atoms with E-state index in [9.17, 15) is 9.59 Å². The van der Waals surface area contributed by atoms with Gasteiger partial charge in [0.15, 0.2) is 6.61 Å². The van der Waals surface area contributed by atoms with Gasteiger partial charge in [-0.15, -0.1) is 0 Å². The van der Waals surface area contributed by atoms with Gasteiger partial charge in [-0.2, -0.15) is 4.98 Å². The molecule has 0 spiro atoms. The van der Waals surface area contributed by atoms with E-state index in [2.05, 4.69) is 15.1 Å². The highest BCUT2D eigenvalue weighted by atomic mass is 16.6. The lowest BCUT2D eigenvalue weighted by Gasteiger charge is -2.11. The van der Waals surface area contributed by atoms with Crippen molar-refractivity contribution in [3.63, 3.8) is 0 Å². The molecular weight excluding hydrogens is 476 g/mol. The number of ether oxygens (including phenoxy) is 3. The summed E-state index contributed by atoms with van der Waals surface area (Å²) in [6.07, 6.45) is 0. The molecule has 0 aliphatic heterocycles. The summed E-state index contributed by atoms with van der Waals surface area (Å²) < 4.78 is 22.6. The van der Waals surface area contributed by atoms with Crippen molar-refractivity contribution in [3.05, 3.63) is 94.4 Å². The molecule has 5 aromatic rings. The minimum absolute atomic E-state index is 0.127. The van der Waals surface area contributed by atoms with Crippen LogP contribution in [0.25, 0.3) is 28.0 Å². The van der Waals surface area contributed by atoms with Crippen LogP contribution in [-0.4, -0.2) is 39.9 Å². The highest BCUT2D eigenvalue weighted by Crippen LogP contribution is 2.31. The van der Waals surface area contributed by atoms with Crippen LogP contribution in [0.1, 0.15) is 22.1 Å². The minimum Gasteiger partial charge on any atom is -0.497 e. The van der Waals surface area contributed by atoms with Crippen molar-refractivity contribution in [2.75, 3.05) is 14.2 Å². The molecule has 0 fully saturated rings. The first-order chi connectivity index (χ1) is 18.0. The molecule has 2 heterocycles. The van der Waals surface area contributed by atoms with Crippen LogP contribution in [0.3, 0.4) is 0 Å². The lowest BCUT2D eigenvalue weighted by atomic mass is 10.2. The van der Waals surface area contributed by atoms with Crippen LogP contribution in [0.2, 0.25) is 0 Å². The van der Waals surface area contributed by atoms with Crippen LogP contribution in [0.4, 0.5) is 0 Å². The van der Waals surface area contributed by atoms with Crippen molar-refractivity contribution < 1.29 is 23.5 Å². The molecule has 10 heteroatoms. The number of rotatable bonds is 7. The van der Waals surface area contributed by atoms with Gasteiger partial charge in [-0.3, -0.25) is 9.36 Å². The number of carbonyl (C=O) groups is 1. The van der Waals surface area contributed by atoms with E-state index >= 15 is 0 Å². The molecule has 37 heavy (non-hydrogen) atoms. The fourth-order valence-corrected chi connectivity index (χ4v) is 3.91. The van der Waals surface area contributed by atoms with Crippen molar-refractivity contribution in [2.24, 2.45) is 0 Å². The summed E-state index contributed by atoms with van der Waals surface area (Å²) in [7, 11) is 3.09. The van der Waals surface area contributed by atoms with Gasteiger partial charge in [0.05, 0.1) is 41.9 Å². The number of aryl methyl sites for hydroxylation is 1. The smallest absolute Gasteiger partial charge is 0.338 e. The minimum atomic E-state index is -0.575. The summed E-state index contributed by atoms with van der Waals surface area (Å²) in [4.78, 5) is 34.4. The third-order valence-electron chi connectivity index (χ3n) is 5.75. The fourth-order valence-electron chi connectivity index (χ4n) is 3.91. The number of hydrogen-bond acceptors (Lipinski definition) is 9. The molecule has 0 aliphatic rings. The van der Waals surface area contributed by atoms with E-state index in [0.717, 1.165) is 0 Å². The first kappa shape index (κ1) is 23.7. The molecule has 0 amide bonds. The maximum atomic E-state index is 13.0. The van der Waals surface area contributed by atoms with Crippen LogP contribution in [-0.2, 0) is 11.3 Å². The topological polar surface area (TPSA) is 119 Å². The second kappa shape index (κ2) is 9.94. The van der Waals surface area contributed by atoms with Gasteiger partial charge in [0.1, 0.15) is 17.3 Å². The Bertz CT molecular complexity index is 1660. The Hall–Kier alpha value is -4.99. The molecule has 0 aliphatic carbocycles. The Kier molecular flexibility index (Phi) is 6.38. The van der Waals surface area contributed by atoms with Gasteiger partial charge in [-0.05, 0) is 55.5 Å². The van der Waals surface area contributed by atoms with Gasteiger partial charge in [0.25, 0.3) is 11.4 Å². The number of para-hydroxylation sites is 1. The number of carbonyl (C=O) groups excluding carboxylic acids is 1. The highest BCUT2D eigenvalue weighted by molar-refractivity contribution is 5.89. The average molecular weight is 498 g/mol. The van der Waals surface area contributed by atoms with Crippen LogP contribution in [0.5, 0.6) is 11.5 Å². The van der Waals surface area contributed by atoms with Gasteiger partial charge in [0, 0.05) is 6.07 Å². The Morgan fingerprint density at radius 2 is 1.76 bits per heavy atom. The summed E-state index contributed by atoms with van der Waals surface area (Å²) in [5.41, 5.74) is 1.95. The highest BCUT2D eigenvalue weighted by Gasteiger charge is 2.17. The van der Waals surface area contributed by atoms with E-state index in [0.29, 0.717) is 50.9 Å². The monoisotopic (exact) mass is 498 g/mol. The zero-order valence-electron chi connectivity index (χ0n) is 20.3. The Morgan fingerprint density at radius 3 is 2.51 bits per heavy atom. The molecule has 5 rings (SSSR count). The van der Waals surface area contributed by atoms with Crippen molar-refractivity contribution in [2.45, 2.75) is 13.5 Å². The molecule has 0 atom stereocenters. The van der Waals surface area contributed by atoms with Gasteiger partial charge in [0.2, 0.25) is 5.82 Å². The molecule has 0 unspecified atom stereocenters. The van der Waals surface area contributed by atoms with E-state index in [1.807, 2.05) is 6.07 Å². The zero-order valence-corrected chi connectivity index (χ0v) is 20.3. The van der Waals surface area contributed by atoms with Gasteiger partial charge >= 0.3 is 5.97 Å². The zero-order chi connectivity index (χ0) is 25.9. The molecule has 186 valence electrons. The predicted octanol–water partition coefficient (Wildman–Crippen LogP) is 4.12. The second-order valence-corrected chi connectivity index (χ2v) is 8.02. The number of benzene rings is 3. The standard InChI is InChI=1S/C27H22N4O6/c1-16-28-22-7-5-4-6-20(22)26(32)31(16)18-10-8-17(9-11-18)27(33)36-15-24-29-25(30-37-24)21-13-12-19(34-2)14-23(21)35-3/h4-14H,15H2,1-3H3.